The Labute approximate surface area is 116 Å². The van der Waals surface area contributed by atoms with Crippen molar-refractivity contribution < 1.29 is 8.85 Å². The minimum absolute atomic E-state index is 0.215. The summed E-state index contributed by atoms with van der Waals surface area (Å²) in [6, 6.07) is 0. The van der Waals surface area contributed by atoms with Crippen molar-refractivity contribution in [3.63, 3.8) is 0 Å². The van der Waals surface area contributed by atoms with E-state index in [0.717, 1.165) is 26.1 Å². The van der Waals surface area contributed by atoms with Crippen molar-refractivity contribution in [1.29, 1.82) is 0 Å². The maximum Gasteiger partial charge on any atom is 0.347 e. The summed E-state index contributed by atoms with van der Waals surface area (Å²) in [5.74, 6) is 0.597. The van der Waals surface area contributed by atoms with E-state index in [0.29, 0.717) is 11.5 Å². The van der Waals surface area contributed by atoms with Gasteiger partial charge in [0.15, 0.2) is 0 Å². The summed E-state index contributed by atoms with van der Waals surface area (Å²) in [5.41, 5.74) is 0.486. The van der Waals surface area contributed by atoms with Gasteiger partial charge in [-0.1, -0.05) is 41.5 Å². The summed E-state index contributed by atoms with van der Waals surface area (Å²) in [6.07, 6.45) is 2.29. The van der Waals surface area contributed by atoms with Crippen molar-refractivity contribution in [1.82, 2.24) is 0 Å². The Morgan fingerprint density at radius 2 is 1.22 bits per heavy atom. The average Bonchev–Trinajstić information content (AvgIpc) is 2.30. The highest BCUT2D eigenvalue weighted by Crippen LogP contribution is 2.56. The lowest BCUT2D eigenvalue weighted by Crippen LogP contribution is -2.58. The van der Waals surface area contributed by atoms with Crippen molar-refractivity contribution in [2.24, 2.45) is 5.92 Å². The van der Waals surface area contributed by atoms with E-state index < -0.39 is 8.56 Å². The fraction of sp³-hybridized carbons (Fsp3) is 1.00. The van der Waals surface area contributed by atoms with Crippen LogP contribution in [0.5, 0.6) is 0 Å². The van der Waals surface area contributed by atoms with Gasteiger partial charge in [-0.3, -0.25) is 0 Å². The summed E-state index contributed by atoms with van der Waals surface area (Å²) in [5, 5.41) is 0.215. The van der Waals surface area contributed by atoms with E-state index in [-0.39, 0.29) is 5.04 Å². The van der Waals surface area contributed by atoms with Crippen molar-refractivity contribution in [2.75, 3.05) is 13.2 Å². The second-order valence-electron chi connectivity index (χ2n) is 5.71. The van der Waals surface area contributed by atoms with Crippen LogP contribution < -0.4 is 0 Å². The van der Waals surface area contributed by atoms with Gasteiger partial charge < -0.3 is 8.85 Å². The average molecular weight is 275 g/mol. The lowest BCUT2D eigenvalue weighted by Gasteiger charge is -2.51. The predicted molar refractivity (Wildman–Crippen MR) is 82.2 cm³/mol. The molecule has 2 nitrogen and oxygen atoms in total. The summed E-state index contributed by atoms with van der Waals surface area (Å²) in [4.78, 5) is 0. The summed E-state index contributed by atoms with van der Waals surface area (Å²) in [7, 11) is -2.22. The van der Waals surface area contributed by atoms with Crippen molar-refractivity contribution in [3.8, 4) is 0 Å². The van der Waals surface area contributed by atoms with Gasteiger partial charge in [-0.15, -0.1) is 0 Å². The van der Waals surface area contributed by atoms with Gasteiger partial charge in [0.25, 0.3) is 0 Å². The standard InChI is InChI=1S/C15H34O2Si/c1-9-15(10-2,13(5)6)18(14(7)8,16-11-3)17-12-4/h13-14H,9-12H2,1-8H3. The zero-order chi connectivity index (χ0) is 14.4. The maximum atomic E-state index is 6.36. The van der Waals surface area contributed by atoms with Gasteiger partial charge in [0, 0.05) is 18.3 Å². The van der Waals surface area contributed by atoms with Gasteiger partial charge in [0.1, 0.15) is 0 Å². The zero-order valence-electron chi connectivity index (χ0n) is 13.8. The molecule has 0 amide bonds. The zero-order valence-corrected chi connectivity index (χ0v) is 14.8. The first-order chi connectivity index (χ1) is 8.38. The molecule has 0 N–H and O–H groups in total. The molecule has 0 aromatic carbocycles. The van der Waals surface area contributed by atoms with Crippen LogP contribution in [-0.2, 0) is 8.85 Å². The third-order valence-corrected chi connectivity index (χ3v) is 10.2. The Kier molecular flexibility index (Phi) is 7.72. The van der Waals surface area contributed by atoms with Crippen LogP contribution in [0.4, 0.5) is 0 Å². The van der Waals surface area contributed by atoms with Crippen LogP contribution in [0, 0.1) is 5.92 Å². The Balaban J connectivity index is 5.73. The van der Waals surface area contributed by atoms with Crippen LogP contribution in [0.2, 0.25) is 10.6 Å². The van der Waals surface area contributed by atoms with Gasteiger partial charge in [-0.05, 0) is 38.1 Å². The number of rotatable bonds is 9. The quantitative estimate of drug-likeness (QED) is 0.543. The lowest BCUT2D eigenvalue weighted by atomic mass is 9.89. The molecule has 110 valence electrons. The monoisotopic (exact) mass is 274 g/mol. The maximum absolute atomic E-state index is 6.36. The minimum Gasteiger partial charge on any atom is -0.394 e. The van der Waals surface area contributed by atoms with Crippen LogP contribution in [0.3, 0.4) is 0 Å². The molecule has 0 aliphatic rings. The third kappa shape index (κ3) is 2.99. The summed E-state index contributed by atoms with van der Waals surface area (Å²) < 4.78 is 12.7. The lowest BCUT2D eigenvalue weighted by molar-refractivity contribution is 0.123. The largest absolute Gasteiger partial charge is 0.394 e. The highest BCUT2D eigenvalue weighted by Gasteiger charge is 2.58. The predicted octanol–water partition coefficient (Wildman–Crippen LogP) is 5.13. The molecule has 18 heavy (non-hydrogen) atoms. The van der Waals surface area contributed by atoms with Gasteiger partial charge in [0.2, 0.25) is 0 Å². The van der Waals surface area contributed by atoms with Crippen LogP contribution in [0.1, 0.15) is 68.2 Å². The molecule has 0 bridgehead atoms. The van der Waals surface area contributed by atoms with Gasteiger partial charge in [-0.2, -0.15) is 0 Å². The first-order valence-corrected chi connectivity index (χ1v) is 9.55. The molecule has 0 unspecified atom stereocenters. The Morgan fingerprint density at radius 3 is 1.39 bits per heavy atom. The molecule has 3 heteroatoms. The fourth-order valence-corrected chi connectivity index (χ4v) is 8.75. The van der Waals surface area contributed by atoms with E-state index in [1.54, 1.807) is 0 Å². The molecular weight excluding hydrogens is 240 g/mol. The van der Waals surface area contributed by atoms with E-state index in [1.807, 2.05) is 0 Å². The van der Waals surface area contributed by atoms with Crippen molar-refractivity contribution in [2.45, 2.75) is 78.8 Å². The molecule has 0 atom stereocenters. The number of hydrogen-bond acceptors (Lipinski definition) is 2. The molecule has 0 saturated heterocycles. The topological polar surface area (TPSA) is 18.5 Å². The number of hydrogen-bond donors (Lipinski definition) is 0. The molecule has 0 radical (unpaired) electrons. The normalized spacial score (nSPS) is 13.7. The Bertz CT molecular complexity index is 217. The van der Waals surface area contributed by atoms with E-state index in [2.05, 4.69) is 55.4 Å². The van der Waals surface area contributed by atoms with Crippen LogP contribution >= 0.6 is 0 Å². The second-order valence-corrected chi connectivity index (χ2v) is 9.77. The van der Waals surface area contributed by atoms with Crippen LogP contribution in [-0.4, -0.2) is 21.8 Å². The highest BCUT2D eigenvalue weighted by atomic mass is 28.4. The molecule has 0 heterocycles. The molecular formula is C15H34O2Si. The molecule has 0 saturated carbocycles. The van der Waals surface area contributed by atoms with E-state index in [4.69, 9.17) is 8.85 Å². The molecule has 0 aromatic rings. The first kappa shape index (κ1) is 18.1. The third-order valence-electron chi connectivity index (χ3n) is 4.54. The SMILES string of the molecule is CCO[Si](OCC)(C(C)C)C(CC)(CC)C(C)C. The van der Waals surface area contributed by atoms with Crippen molar-refractivity contribution in [3.05, 3.63) is 0 Å². The summed E-state index contributed by atoms with van der Waals surface area (Å²) >= 11 is 0. The molecule has 0 spiro atoms. The molecule has 0 fully saturated rings. The Hall–Kier alpha value is 0.137. The van der Waals surface area contributed by atoms with Gasteiger partial charge >= 0.3 is 8.56 Å². The Morgan fingerprint density at radius 1 is 0.833 bits per heavy atom. The van der Waals surface area contributed by atoms with Crippen LogP contribution in [0.25, 0.3) is 0 Å². The van der Waals surface area contributed by atoms with Gasteiger partial charge in [-0.25, -0.2) is 0 Å². The van der Waals surface area contributed by atoms with E-state index >= 15 is 0 Å². The van der Waals surface area contributed by atoms with Crippen LogP contribution in [0.15, 0.2) is 0 Å². The molecule has 0 rings (SSSR count). The smallest absolute Gasteiger partial charge is 0.347 e. The second kappa shape index (κ2) is 7.66. The highest BCUT2D eigenvalue weighted by molar-refractivity contribution is 6.72. The fourth-order valence-electron chi connectivity index (χ4n) is 3.63. The molecule has 0 aliphatic heterocycles. The van der Waals surface area contributed by atoms with Gasteiger partial charge in [0.05, 0.1) is 0 Å². The van der Waals surface area contributed by atoms with Crippen molar-refractivity contribution >= 4 is 8.56 Å². The molecule has 0 aliphatic carbocycles. The van der Waals surface area contributed by atoms with E-state index in [1.165, 1.54) is 0 Å². The summed E-state index contributed by atoms with van der Waals surface area (Å²) in [6.45, 7) is 19.5. The first-order valence-electron chi connectivity index (χ1n) is 7.66. The van der Waals surface area contributed by atoms with E-state index in [9.17, 15) is 0 Å². The molecule has 0 aromatic heterocycles. The minimum atomic E-state index is -2.22.